The number of carbonyl (C=O) groups is 1. The van der Waals surface area contributed by atoms with E-state index < -0.39 is 23.8 Å². The predicted molar refractivity (Wildman–Crippen MR) is 99.5 cm³/mol. The lowest BCUT2D eigenvalue weighted by atomic mass is 9.96. The lowest BCUT2D eigenvalue weighted by Crippen LogP contribution is -2.47. The molecule has 2 atom stereocenters. The van der Waals surface area contributed by atoms with Crippen LogP contribution in [0.2, 0.25) is 0 Å². The van der Waals surface area contributed by atoms with Crippen LogP contribution in [0.5, 0.6) is 0 Å². The van der Waals surface area contributed by atoms with Crippen LogP contribution in [0.4, 0.5) is 4.79 Å². The van der Waals surface area contributed by atoms with E-state index in [1.165, 1.54) is 0 Å². The number of rotatable bonds is 6. The van der Waals surface area contributed by atoms with Crippen LogP contribution < -0.4 is 5.32 Å². The van der Waals surface area contributed by atoms with Gasteiger partial charge in [0.05, 0.1) is 12.1 Å². The Labute approximate surface area is 149 Å². The first-order valence-corrected chi connectivity index (χ1v) is 8.59. The Morgan fingerprint density at radius 1 is 0.960 bits per heavy atom. The summed E-state index contributed by atoms with van der Waals surface area (Å²) in [7, 11) is 0. The van der Waals surface area contributed by atoms with E-state index in [1.807, 2.05) is 81.4 Å². The van der Waals surface area contributed by atoms with Crippen molar-refractivity contribution < 1.29 is 14.6 Å². The number of aliphatic hydroxyl groups excluding tert-OH is 1. The Balaban J connectivity index is 2.09. The van der Waals surface area contributed by atoms with Crippen molar-refractivity contribution in [1.29, 1.82) is 0 Å². The zero-order valence-corrected chi connectivity index (χ0v) is 15.1. The summed E-state index contributed by atoms with van der Waals surface area (Å²) in [6.07, 6.45) is -0.224. The van der Waals surface area contributed by atoms with Crippen LogP contribution in [-0.2, 0) is 17.6 Å². The van der Waals surface area contributed by atoms with Crippen molar-refractivity contribution in [2.75, 3.05) is 0 Å². The molecule has 25 heavy (non-hydrogen) atoms. The quantitative estimate of drug-likeness (QED) is 0.842. The number of nitrogens with one attached hydrogen (secondary N) is 1. The van der Waals surface area contributed by atoms with Crippen LogP contribution in [0.15, 0.2) is 60.7 Å². The summed E-state index contributed by atoms with van der Waals surface area (Å²) in [5.41, 5.74) is 1.50. The molecule has 2 aromatic rings. The topological polar surface area (TPSA) is 58.6 Å². The number of hydrogen-bond acceptors (Lipinski definition) is 3. The maximum absolute atomic E-state index is 12.2. The van der Waals surface area contributed by atoms with Crippen molar-refractivity contribution in [2.24, 2.45) is 0 Å². The van der Waals surface area contributed by atoms with E-state index in [1.54, 1.807) is 0 Å². The van der Waals surface area contributed by atoms with Gasteiger partial charge < -0.3 is 15.2 Å². The van der Waals surface area contributed by atoms with Gasteiger partial charge in [-0.2, -0.15) is 0 Å². The van der Waals surface area contributed by atoms with Crippen LogP contribution in [0.1, 0.15) is 31.9 Å². The summed E-state index contributed by atoms with van der Waals surface area (Å²) >= 11 is 0. The van der Waals surface area contributed by atoms with Gasteiger partial charge in [-0.05, 0) is 38.3 Å². The van der Waals surface area contributed by atoms with Gasteiger partial charge in [0.2, 0.25) is 0 Å². The molecule has 0 fully saturated rings. The van der Waals surface area contributed by atoms with E-state index in [2.05, 4.69) is 5.32 Å². The fraction of sp³-hybridized carbons (Fsp3) is 0.381. The van der Waals surface area contributed by atoms with E-state index in [0.29, 0.717) is 12.8 Å². The van der Waals surface area contributed by atoms with E-state index in [4.69, 9.17) is 4.74 Å². The monoisotopic (exact) mass is 341 g/mol. The molecule has 2 rings (SSSR count). The minimum atomic E-state index is -0.713. The number of alkyl carbamates (subject to hydrolysis) is 1. The fourth-order valence-electron chi connectivity index (χ4n) is 2.61. The third-order valence-electron chi connectivity index (χ3n) is 3.75. The zero-order chi connectivity index (χ0) is 18.3. The Bertz CT molecular complexity index is 650. The Morgan fingerprint density at radius 3 is 1.92 bits per heavy atom. The molecule has 0 saturated heterocycles. The molecule has 4 heteroatoms. The highest BCUT2D eigenvalue weighted by Crippen LogP contribution is 2.13. The summed E-state index contributed by atoms with van der Waals surface area (Å²) in [6, 6.07) is 19.1. The first-order valence-electron chi connectivity index (χ1n) is 8.59. The SMILES string of the molecule is CC(C)(C)OC(=O)N[C@H](Cc1ccccc1)[C@H](O)Cc1ccccc1. The minimum Gasteiger partial charge on any atom is -0.444 e. The van der Waals surface area contributed by atoms with Crippen molar-refractivity contribution in [3.8, 4) is 0 Å². The van der Waals surface area contributed by atoms with Crippen LogP contribution in [0.25, 0.3) is 0 Å². The minimum absolute atomic E-state index is 0.433. The number of ether oxygens (including phenoxy) is 1. The predicted octanol–water partition coefficient (Wildman–Crippen LogP) is 3.73. The zero-order valence-electron chi connectivity index (χ0n) is 15.1. The van der Waals surface area contributed by atoms with Crippen molar-refractivity contribution in [1.82, 2.24) is 5.32 Å². The molecule has 1 amide bonds. The standard InChI is InChI=1S/C21H27NO3/c1-21(2,3)25-20(24)22-18(14-16-10-6-4-7-11-16)19(23)15-17-12-8-5-9-13-17/h4-13,18-19,23H,14-15H2,1-3H3,(H,22,24)/t18-,19-/m1/s1. The summed E-state index contributed by atoms with van der Waals surface area (Å²) in [4.78, 5) is 12.2. The lowest BCUT2D eigenvalue weighted by molar-refractivity contribution is 0.0422. The van der Waals surface area contributed by atoms with Gasteiger partial charge in [-0.15, -0.1) is 0 Å². The number of hydrogen-bond donors (Lipinski definition) is 2. The molecule has 0 bridgehead atoms. The molecular weight excluding hydrogens is 314 g/mol. The molecule has 0 aliphatic heterocycles. The second kappa shape index (κ2) is 8.67. The largest absolute Gasteiger partial charge is 0.444 e. The number of carbonyl (C=O) groups excluding carboxylic acids is 1. The molecular formula is C21H27NO3. The van der Waals surface area contributed by atoms with E-state index in [9.17, 15) is 9.90 Å². The molecule has 0 aliphatic carbocycles. The first-order chi connectivity index (χ1) is 11.8. The van der Waals surface area contributed by atoms with Gasteiger partial charge in [-0.1, -0.05) is 60.7 Å². The molecule has 0 unspecified atom stereocenters. The molecule has 2 aromatic carbocycles. The maximum Gasteiger partial charge on any atom is 0.407 e. The summed E-state index contributed by atoms with van der Waals surface area (Å²) in [6.45, 7) is 5.46. The third-order valence-corrected chi connectivity index (χ3v) is 3.75. The lowest BCUT2D eigenvalue weighted by Gasteiger charge is -2.27. The van der Waals surface area contributed by atoms with Crippen molar-refractivity contribution in [3.63, 3.8) is 0 Å². The van der Waals surface area contributed by atoms with E-state index >= 15 is 0 Å². The van der Waals surface area contributed by atoms with Crippen LogP contribution in [0.3, 0.4) is 0 Å². The summed E-state index contributed by atoms with van der Waals surface area (Å²) in [5, 5.41) is 13.5. The molecule has 0 aliphatic rings. The second-order valence-corrected chi connectivity index (χ2v) is 7.20. The van der Waals surface area contributed by atoms with Gasteiger partial charge in [0.15, 0.2) is 0 Å². The van der Waals surface area contributed by atoms with Gasteiger partial charge in [0.25, 0.3) is 0 Å². The average Bonchev–Trinajstić information content (AvgIpc) is 2.54. The van der Waals surface area contributed by atoms with Crippen LogP contribution in [0, 0.1) is 0 Å². The molecule has 0 heterocycles. The van der Waals surface area contributed by atoms with Gasteiger partial charge in [-0.25, -0.2) is 4.79 Å². The van der Waals surface area contributed by atoms with Gasteiger partial charge in [0.1, 0.15) is 5.60 Å². The van der Waals surface area contributed by atoms with Gasteiger partial charge >= 0.3 is 6.09 Å². The Hall–Kier alpha value is -2.33. The second-order valence-electron chi connectivity index (χ2n) is 7.20. The van der Waals surface area contributed by atoms with Crippen LogP contribution in [-0.4, -0.2) is 28.9 Å². The number of benzene rings is 2. The average molecular weight is 341 g/mol. The highest BCUT2D eigenvalue weighted by atomic mass is 16.6. The molecule has 4 nitrogen and oxygen atoms in total. The number of aliphatic hydroxyl groups is 1. The highest BCUT2D eigenvalue weighted by molar-refractivity contribution is 5.68. The van der Waals surface area contributed by atoms with Gasteiger partial charge in [0, 0.05) is 6.42 Å². The van der Waals surface area contributed by atoms with Crippen molar-refractivity contribution in [3.05, 3.63) is 71.8 Å². The molecule has 0 saturated carbocycles. The normalized spacial score (nSPS) is 13.8. The number of amides is 1. The fourth-order valence-corrected chi connectivity index (χ4v) is 2.61. The van der Waals surface area contributed by atoms with Crippen molar-refractivity contribution >= 4 is 6.09 Å². The van der Waals surface area contributed by atoms with Crippen molar-refractivity contribution in [2.45, 2.75) is 51.4 Å². The highest BCUT2D eigenvalue weighted by Gasteiger charge is 2.25. The van der Waals surface area contributed by atoms with E-state index in [-0.39, 0.29) is 0 Å². The smallest absolute Gasteiger partial charge is 0.407 e. The summed E-state index contributed by atoms with van der Waals surface area (Å²) in [5.74, 6) is 0. The third kappa shape index (κ3) is 6.98. The van der Waals surface area contributed by atoms with Gasteiger partial charge in [-0.3, -0.25) is 0 Å². The Morgan fingerprint density at radius 2 is 1.44 bits per heavy atom. The van der Waals surface area contributed by atoms with Crippen LogP contribution >= 0.6 is 0 Å². The molecule has 0 spiro atoms. The first kappa shape index (κ1) is 19.0. The molecule has 2 N–H and O–H groups in total. The maximum atomic E-state index is 12.2. The molecule has 0 aromatic heterocycles. The summed E-state index contributed by atoms with van der Waals surface area (Å²) < 4.78 is 5.35. The van der Waals surface area contributed by atoms with E-state index in [0.717, 1.165) is 11.1 Å². The Kier molecular flexibility index (Phi) is 6.59. The molecule has 0 radical (unpaired) electrons. The molecule has 134 valence electrons.